The molecule has 0 aliphatic heterocycles. The Morgan fingerprint density at radius 3 is 1.74 bits per heavy atom. The molecule has 0 aliphatic carbocycles. The quantitative estimate of drug-likeness (QED) is 0.284. The molecule has 0 atom stereocenters. The van der Waals surface area contributed by atoms with Crippen molar-refractivity contribution in [2.24, 2.45) is 0 Å². The predicted molar refractivity (Wildman–Crippen MR) is 138 cm³/mol. The number of nitrogens with zero attached hydrogens (tertiary/aromatic N) is 1. The van der Waals surface area contributed by atoms with E-state index in [2.05, 4.69) is 4.90 Å². The Bertz CT molecular complexity index is 1000. The summed E-state index contributed by atoms with van der Waals surface area (Å²) in [4.78, 5) is 2.18. The van der Waals surface area contributed by atoms with E-state index in [1.807, 2.05) is 74.5 Å². The molecule has 3 aromatic rings. The third kappa shape index (κ3) is 7.22. The Kier molecular flexibility index (Phi) is 9.29. The molecule has 3 aromatic carbocycles. The summed E-state index contributed by atoms with van der Waals surface area (Å²) in [6.07, 6.45) is 0. The molecule has 0 amide bonds. The fraction of sp³-hybridized carbons (Fsp3) is 0.333. The minimum absolute atomic E-state index is 0.451. The Balaban J connectivity index is 1.71. The maximum atomic E-state index is 6.08. The number of anilines is 3. The average Bonchev–Trinajstić information content (AvgIpc) is 2.83. The SMILES string of the molecule is COCCOc1ccccc1N(CCOc1cc(C)ccc1N)CCOc1cc(C)ccc1N. The Hall–Kier alpha value is -3.58. The van der Waals surface area contributed by atoms with Crippen molar-refractivity contribution in [2.75, 3.05) is 63.0 Å². The van der Waals surface area contributed by atoms with Gasteiger partial charge in [-0.3, -0.25) is 0 Å². The molecule has 0 heterocycles. The molecular formula is C27H35N3O4. The number of para-hydroxylation sites is 2. The van der Waals surface area contributed by atoms with Gasteiger partial charge in [0.2, 0.25) is 0 Å². The lowest BCUT2D eigenvalue weighted by atomic mass is 10.2. The lowest BCUT2D eigenvalue weighted by molar-refractivity contribution is 0.146. The summed E-state index contributed by atoms with van der Waals surface area (Å²) < 4.78 is 23.1. The highest BCUT2D eigenvalue weighted by Crippen LogP contribution is 2.29. The van der Waals surface area contributed by atoms with E-state index >= 15 is 0 Å². The van der Waals surface area contributed by atoms with E-state index in [1.54, 1.807) is 7.11 Å². The summed E-state index contributed by atoms with van der Waals surface area (Å²) in [7, 11) is 1.66. The van der Waals surface area contributed by atoms with Crippen LogP contribution in [0.3, 0.4) is 0 Å². The minimum atomic E-state index is 0.451. The van der Waals surface area contributed by atoms with Gasteiger partial charge in [-0.2, -0.15) is 0 Å². The molecule has 0 fully saturated rings. The van der Waals surface area contributed by atoms with Crippen LogP contribution in [0.2, 0.25) is 0 Å². The first-order valence-electron chi connectivity index (χ1n) is 11.4. The van der Waals surface area contributed by atoms with Gasteiger partial charge in [-0.25, -0.2) is 0 Å². The van der Waals surface area contributed by atoms with Crippen LogP contribution in [0, 0.1) is 13.8 Å². The van der Waals surface area contributed by atoms with Crippen molar-refractivity contribution in [2.45, 2.75) is 13.8 Å². The van der Waals surface area contributed by atoms with Gasteiger partial charge in [-0.15, -0.1) is 0 Å². The maximum absolute atomic E-state index is 6.08. The summed E-state index contributed by atoms with van der Waals surface area (Å²) in [5, 5.41) is 0. The standard InChI is InChI=1S/C27H35N3O4/c1-20-8-10-22(28)26(18-20)32-14-12-30(13-15-33-27-19-21(2)9-11-23(27)29)24-6-4-5-7-25(24)34-17-16-31-3/h4-11,18-19H,12-17,28-29H2,1-3H3. The van der Waals surface area contributed by atoms with Crippen LogP contribution in [-0.4, -0.2) is 46.6 Å². The van der Waals surface area contributed by atoms with E-state index in [9.17, 15) is 0 Å². The number of aryl methyl sites for hydroxylation is 2. The van der Waals surface area contributed by atoms with Crippen molar-refractivity contribution in [3.05, 3.63) is 71.8 Å². The Labute approximate surface area is 202 Å². The van der Waals surface area contributed by atoms with Gasteiger partial charge in [0, 0.05) is 7.11 Å². The number of benzene rings is 3. The van der Waals surface area contributed by atoms with Gasteiger partial charge in [0.05, 0.1) is 36.8 Å². The molecule has 7 nitrogen and oxygen atoms in total. The van der Waals surface area contributed by atoms with Gasteiger partial charge < -0.3 is 35.3 Å². The van der Waals surface area contributed by atoms with Gasteiger partial charge in [0.25, 0.3) is 0 Å². The molecule has 0 saturated carbocycles. The molecule has 0 unspecified atom stereocenters. The lowest BCUT2D eigenvalue weighted by Gasteiger charge is -2.27. The van der Waals surface area contributed by atoms with E-state index in [-0.39, 0.29) is 0 Å². The summed E-state index contributed by atoms with van der Waals surface area (Å²) in [6.45, 7) is 7.14. The molecule has 34 heavy (non-hydrogen) atoms. The minimum Gasteiger partial charge on any atom is -0.490 e. The van der Waals surface area contributed by atoms with Crippen LogP contribution < -0.4 is 30.6 Å². The number of hydrogen-bond acceptors (Lipinski definition) is 7. The smallest absolute Gasteiger partial charge is 0.142 e. The topological polar surface area (TPSA) is 92.2 Å². The molecule has 4 N–H and O–H groups in total. The molecule has 182 valence electrons. The summed E-state index contributed by atoms with van der Waals surface area (Å²) in [5.41, 5.74) is 16.6. The van der Waals surface area contributed by atoms with Gasteiger partial charge >= 0.3 is 0 Å². The lowest BCUT2D eigenvalue weighted by Crippen LogP contribution is -2.33. The molecule has 7 heteroatoms. The van der Waals surface area contributed by atoms with Crippen molar-refractivity contribution < 1.29 is 18.9 Å². The highest BCUT2D eigenvalue weighted by molar-refractivity contribution is 5.59. The largest absolute Gasteiger partial charge is 0.490 e. The number of rotatable bonds is 13. The van der Waals surface area contributed by atoms with Crippen LogP contribution in [-0.2, 0) is 4.74 Å². The van der Waals surface area contributed by atoms with Crippen molar-refractivity contribution in [1.82, 2.24) is 0 Å². The van der Waals surface area contributed by atoms with Gasteiger partial charge in [-0.05, 0) is 61.4 Å². The molecular weight excluding hydrogens is 430 g/mol. The van der Waals surface area contributed by atoms with Crippen molar-refractivity contribution >= 4 is 17.1 Å². The van der Waals surface area contributed by atoms with Crippen LogP contribution in [0.25, 0.3) is 0 Å². The summed E-state index contributed by atoms with van der Waals surface area (Å²) in [6, 6.07) is 19.5. The average molecular weight is 466 g/mol. The van der Waals surface area contributed by atoms with Crippen molar-refractivity contribution in [1.29, 1.82) is 0 Å². The van der Waals surface area contributed by atoms with Gasteiger partial charge in [0.1, 0.15) is 37.1 Å². The number of nitrogens with two attached hydrogens (primary N) is 2. The molecule has 0 aromatic heterocycles. The van der Waals surface area contributed by atoms with E-state index in [0.29, 0.717) is 62.4 Å². The Morgan fingerprint density at radius 2 is 1.18 bits per heavy atom. The predicted octanol–water partition coefficient (Wildman–Crippen LogP) is 4.46. The fourth-order valence-corrected chi connectivity index (χ4v) is 3.49. The zero-order valence-corrected chi connectivity index (χ0v) is 20.3. The van der Waals surface area contributed by atoms with Crippen LogP contribution >= 0.6 is 0 Å². The van der Waals surface area contributed by atoms with Gasteiger partial charge in [0.15, 0.2) is 0 Å². The maximum Gasteiger partial charge on any atom is 0.142 e. The second-order valence-electron chi connectivity index (χ2n) is 8.08. The monoisotopic (exact) mass is 465 g/mol. The number of hydrogen-bond donors (Lipinski definition) is 2. The Morgan fingerprint density at radius 1 is 0.647 bits per heavy atom. The normalized spacial score (nSPS) is 10.7. The first-order valence-corrected chi connectivity index (χ1v) is 11.4. The number of nitrogen functional groups attached to an aromatic ring is 2. The molecule has 0 radical (unpaired) electrons. The molecule has 3 rings (SSSR count). The second-order valence-corrected chi connectivity index (χ2v) is 8.08. The van der Waals surface area contributed by atoms with E-state index in [1.165, 1.54) is 0 Å². The van der Waals surface area contributed by atoms with Crippen LogP contribution in [0.5, 0.6) is 17.2 Å². The summed E-state index contributed by atoms with van der Waals surface area (Å²) >= 11 is 0. The molecule has 0 aliphatic rings. The first-order chi connectivity index (χ1) is 16.5. The van der Waals surface area contributed by atoms with E-state index in [0.717, 1.165) is 22.6 Å². The van der Waals surface area contributed by atoms with Gasteiger partial charge in [-0.1, -0.05) is 24.3 Å². The van der Waals surface area contributed by atoms with Crippen molar-refractivity contribution in [3.8, 4) is 17.2 Å². The number of ether oxygens (including phenoxy) is 4. The highest BCUT2D eigenvalue weighted by atomic mass is 16.5. The first kappa shape index (κ1) is 25.1. The van der Waals surface area contributed by atoms with E-state index in [4.69, 9.17) is 30.4 Å². The number of methoxy groups -OCH3 is 1. The summed E-state index contributed by atoms with van der Waals surface area (Å²) in [5.74, 6) is 2.16. The molecule has 0 bridgehead atoms. The third-order valence-electron chi connectivity index (χ3n) is 5.33. The zero-order chi connectivity index (χ0) is 24.3. The fourth-order valence-electron chi connectivity index (χ4n) is 3.49. The third-order valence-corrected chi connectivity index (χ3v) is 5.33. The zero-order valence-electron chi connectivity index (χ0n) is 20.3. The van der Waals surface area contributed by atoms with Crippen LogP contribution in [0.1, 0.15) is 11.1 Å². The van der Waals surface area contributed by atoms with E-state index < -0.39 is 0 Å². The van der Waals surface area contributed by atoms with Crippen LogP contribution in [0.4, 0.5) is 17.1 Å². The highest BCUT2D eigenvalue weighted by Gasteiger charge is 2.14. The second kappa shape index (κ2) is 12.6. The molecule has 0 spiro atoms. The molecule has 0 saturated heterocycles. The van der Waals surface area contributed by atoms with Crippen LogP contribution in [0.15, 0.2) is 60.7 Å². The van der Waals surface area contributed by atoms with Crippen molar-refractivity contribution in [3.63, 3.8) is 0 Å².